The predicted molar refractivity (Wildman–Crippen MR) is 75.9 cm³/mol. The molecule has 2 rings (SSSR count). The van der Waals surface area contributed by atoms with E-state index < -0.39 is 0 Å². The van der Waals surface area contributed by atoms with Crippen LogP contribution in [0, 0.1) is 11.8 Å². The van der Waals surface area contributed by atoms with Crippen molar-refractivity contribution in [3.8, 4) is 11.8 Å². The molecule has 0 radical (unpaired) electrons. The smallest absolute Gasteiger partial charge is 0.315 e. The van der Waals surface area contributed by atoms with Gasteiger partial charge in [0.1, 0.15) is 6.61 Å². The Hall–Kier alpha value is -1.51. The third kappa shape index (κ3) is 4.58. The van der Waals surface area contributed by atoms with Crippen molar-refractivity contribution in [2.45, 2.75) is 38.3 Å². The van der Waals surface area contributed by atoms with Crippen molar-refractivity contribution in [1.82, 2.24) is 10.6 Å². The van der Waals surface area contributed by atoms with Crippen LogP contribution in [-0.4, -0.2) is 23.8 Å². The van der Waals surface area contributed by atoms with E-state index in [1.807, 2.05) is 12.1 Å². The second-order valence-corrected chi connectivity index (χ2v) is 5.70. The second kappa shape index (κ2) is 7.17. The highest BCUT2D eigenvalue weighted by Gasteiger charge is 2.16. The van der Waals surface area contributed by atoms with E-state index in [4.69, 9.17) is 5.11 Å². The Morgan fingerprint density at radius 2 is 2.21 bits per heavy atom. The number of amides is 2. The molecule has 1 fully saturated rings. The molecule has 0 unspecified atom stereocenters. The van der Waals surface area contributed by atoms with E-state index in [0.29, 0.717) is 12.6 Å². The van der Waals surface area contributed by atoms with Crippen LogP contribution in [0.15, 0.2) is 12.1 Å². The summed E-state index contributed by atoms with van der Waals surface area (Å²) in [7, 11) is 0. The number of urea groups is 1. The minimum atomic E-state index is -0.130. The summed E-state index contributed by atoms with van der Waals surface area (Å²) in [5.41, 5.74) is 0. The fourth-order valence-electron chi connectivity index (χ4n) is 2.14. The van der Waals surface area contributed by atoms with Crippen molar-refractivity contribution in [1.29, 1.82) is 0 Å². The SMILES string of the molecule is O=C(NCc1ccc(C#CCO)s1)NC1CCCC1. The fraction of sp³-hybridized carbons (Fsp3) is 0.500. The summed E-state index contributed by atoms with van der Waals surface area (Å²) in [5.74, 6) is 5.46. The van der Waals surface area contributed by atoms with Crippen LogP contribution in [0.3, 0.4) is 0 Å². The average molecular weight is 278 g/mol. The van der Waals surface area contributed by atoms with E-state index in [9.17, 15) is 4.79 Å². The number of aliphatic hydroxyl groups excluding tert-OH is 1. The van der Waals surface area contributed by atoms with Crippen molar-refractivity contribution in [2.75, 3.05) is 6.61 Å². The van der Waals surface area contributed by atoms with Crippen molar-refractivity contribution < 1.29 is 9.90 Å². The third-order valence-corrected chi connectivity index (χ3v) is 4.07. The Morgan fingerprint density at radius 3 is 2.95 bits per heavy atom. The lowest BCUT2D eigenvalue weighted by Crippen LogP contribution is -2.40. The van der Waals surface area contributed by atoms with Crippen LogP contribution in [0.25, 0.3) is 0 Å². The van der Waals surface area contributed by atoms with Crippen molar-refractivity contribution in [3.05, 3.63) is 21.9 Å². The van der Waals surface area contributed by atoms with Crippen LogP contribution in [-0.2, 0) is 6.54 Å². The van der Waals surface area contributed by atoms with E-state index in [1.54, 1.807) is 0 Å². The molecule has 5 heteroatoms. The molecule has 1 aliphatic rings. The zero-order valence-electron chi connectivity index (χ0n) is 10.7. The molecule has 3 N–H and O–H groups in total. The topological polar surface area (TPSA) is 61.4 Å². The Kier molecular flexibility index (Phi) is 5.25. The zero-order valence-corrected chi connectivity index (χ0v) is 11.6. The van der Waals surface area contributed by atoms with Gasteiger partial charge < -0.3 is 15.7 Å². The number of thiophene rings is 1. The summed E-state index contributed by atoms with van der Waals surface area (Å²) in [6.07, 6.45) is 4.60. The molecule has 19 heavy (non-hydrogen) atoms. The van der Waals surface area contributed by atoms with Gasteiger partial charge in [0.05, 0.1) is 11.4 Å². The Balaban J connectivity index is 1.75. The normalized spacial score (nSPS) is 14.8. The van der Waals surface area contributed by atoms with Gasteiger partial charge in [-0.15, -0.1) is 11.3 Å². The van der Waals surface area contributed by atoms with Gasteiger partial charge in [-0.3, -0.25) is 0 Å². The third-order valence-electron chi connectivity index (χ3n) is 3.07. The van der Waals surface area contributed by atoms with Gasteiger partial charge in [-0.25, -0.2) is 4.79 Å². The molecule has 1 aromatic heterocycles. The van der Waals surface area contributed by atoms with Crippen LogP contribution in [0.4, 0.5) is 4.79 Å². The first-order valence-electron chi connectivity index (χ1n) is 6.51. The first kappa shape index (κ1) is 13.9. The van der Waals surface area contributed by atoms with Crippen LogP contribution in [0.5, 0.6) is 0 Å². The summed E-state index contributed by atoms with van der Waals surface area (Å²) >= 11 is 1.53. The molecule has 0 saturated heterocycles. The van der Waals surface area contributed by atoms with Crippen molar-refractivity contribution >= 4 is 17.4 Å². The number of nitrogens with one attached hydrogen (secondary N) is 2. The first-order valence-corrected chi connectivity index (χ1v) is 7.32. The maximum atomic E-state index is 11.7. The fourth-order valence-corrected chi connectivity index (χ4v) is 2.96. The number of hydrogen-bond acceptors (Lipinski definition) is 3. The largest absolute Gasteiger partial charge is 0.384 e. The predicted octanol–water partition coefficient (Wildman–Crippen LogP) is 1.83. The molecule has 1 heterocycles. The monoisotopic (exact) mass is 278 g/mol. The van der Waals surface area contributed by atoms with E-state index in [0.717, 1.165) is 22.6 Å². The molecular formula is C14H18N2O2S. The molecular weight excluding hydrogens is 260 g/mol. The number of rotatable bonds is 3. The number of hydrogen-bond donors (Lipinski definition) is 3. The molecule has 2 amide bonds. The second-order valence-electron chi connectivity index (χ2n) is 4.53. The van der Waals surface area contributed by atoms with Gasteiger partial charge in [-0.1, -0.05) is 24.7 Å². The lowest BCUT2D eigenvalue weighted by atomic mass is 10.2. The van der Waals surface area contributed by atoms with Crippen LogP contribution in [0.2, 0.25) is 0 Å². The lowest BCUT2D eigenvalue weighted by Gasteiger charge is -2.12. The molecule has 0 atom stereocenters. The molecule has 1 saturated carbocycles. The molecule has 0 aromatic carbocycles. The summed E-state index contributed by atoms with van der Waals surface area (Å²) in [6.45, 7) is 0.388. The average Bonchev–Trinajstić information content (AvgIpc) is 3.05. The highest BCUT2D eigenvalue weighted by molar-refractivity contribution is 7.12. The highest BCUT2D eigenvalue weighted by atomic mass is 32.1. The van der Waals surface area contributed by atoms with Gasteiger partial charge in [0, 0.05) is 10.9 Å². The van der Waals surface area contributed by atoms with Crippen LogP contribution < -0.4 is 10.6 Å². The Morgan fingerprint density at radius 1 is 1.42 bits per heavy atom. The summed E-state index contributed by atoms with van der Waals surface area (Å²) in [4.78, 5) is 13.6. The van der Waals surface area contributed by atoms with Gasteiger partial charge in [0.25, 0.3) is 0 Å². The van der Waals surface area contributed by atoms with Gasteiger partial charge in [-0.05, 0) is 25.0 Å². The van der Waals surface area contributed by atoms with Gasteiger partial charge in [-0.2, -0.15) is 0 Å². The Bertz CT molecular complexity index is 481. The minimum absolute atomic E-state index is 0.0942. The van der Waals surface area contributed by atoms with Crippen molar-refractivity contribution in [3.63, 3.8) is 0 Å². The number of carbonyl (C=O) groups is 1. The first-order chi connectivity index (χ1) is 9.28. The molecule has 1 aromatic rings. The van der Waals surface area contributed by atoms with Crippen LogP contribution >= 0.6 is 11.3 Å². The maximum absolute atomic E-state index is 11.7. The van der Waals surface area contributed by atoms with Gasteiger partial charge in [0.15, 0.2) is 0 Å². The van der Waals surface area contributed by atoms with E-state index >= 15 is 0 Å². The quantitative estimate of drug-likeness (QED) is 0.739. The van der Waals surface area contributed by atoms with E-state index in [1.165, 1.54) is 24.2 Å². The molecule has 1 aliphatic carbocycles. The summed E-state index contributed by atoms with van der Waals surface area (Å²) in [6, 6.07) is 4.10. The van der Waals surface area contributed by atoms with Gasteiger partial charge in [0.2, 0.25) is 0 Å². The standard InChI is InChI=1S/C14H18N2O2S/c17-9-3-6-12-7-8-13(19-12)10-15-14(18)16-11-4-1-2-5-11/h7-8,11,17H,1-2,4-5,9-10H2,(H2,15,16,18). The Labute approximate surface area is 117 Å². The zero-order chi connectivity index (χ0) is 13.5. The summed E-state index contributed by atoms with van der Waals surface area (Å²) < 4.78 is 0. The summed E-state index contributed by atoms with van der Waals surface area (Å²) in [5, 5.41) is 14.5. The minimum Gasteiger partial charge on any atom is -0.384 e. The van der Waals surface area contributed by atoms with Gasteiger partial charge >= 0.3 is 6.03 Å². The number of carbonyl (C=O) groups excluding carboxylic acids is 1. The number of aliphatic hydroxyl groups is 1. The molecule has 0 aliphatic heterocycles. The van der Waals surface area contributed by atoms with Crippen molar-refractivity contribution in [2.24, 2.45) is 0 Å². The molecule has 0 bridgehead atoms. The molecule has 102 valence electrons. The lowest BCUT2D eigenvalue weighted by molar-refractivity contribution is 0.237. The molecule has 0 spiro atoms. The molecule has 4 nitrogen and oxygen atoms in total. The van der Waals surface area contributed by atoms with E-state index in [-0.39, 0.29) is 12.6 Å². The van der Waals surface area contributed by atoms with E-state index in [2.05, 4.69) is 22.5 Å². The highest BCUT2D eigenvalue weighted by Crippen LogP contribution is 2.17. The van der Waals surface area contributed by atoms with Crippen LogP contribution in [0.1, 0.15) is 35.4 Å². The maximum Gasteiger partial charge on any atom is 0.315 e.